The fourth-order valence-electron chi connectivity index (χ4n) is 1.55. The Kier molecular flexibility index (Phi) is 6.45. The Balaban J connectivity index is 2.12. The molecular weight excluding hydrogens is 206 g/mol. The summed E-state index contributed by atoms with van der Waals surface area (Å²) in [7, 11) is 0. The third-order valence-electron chi connectivity index (χ3n) is 2.56. The Morgan fingerprint density at radius 3 is 2.67 bits per heavy atom. The van der Waals surface area contributed by atoms with E-state index in [0.717, 1.165) is 25.4 Å². The Labute approximate surface area is 97.8 Å². The molecule has 1 aromatic rings. The molecule has 1 N–H and O–H groups in total. The monoisotopic (exact) mass is 225 g/mol. The normalized spacial score (nSPS) is 10.5. The third-order valence-corrected chi connectivity index (χ3v) is 2.83. The summed E-state index contributed by atoms with van der Waals surface area (Å²) in [5.41, 5.74) is 2.76. The maximum Gasteiger partial charge on any atom is 0.0223 e. The van der Waals surface area contributed by atoms with Gasteiger partial charge in [0.15, 0.2) is 0 Å². The van der Waals surface area contributed by atoms with E-state index in [4.69, 9.17) is 11.6 Å². The average Bonchev–Trinajstić information content (AvgIpc) is 2.25. The number of benzene rings is 1. The molecule has 0 radical (unpaired) electrons. The summed E-state index contributed by atoms with van der Waals surface area (Å²) in [5.74, 6) is 0.789. The SMILES string of the molecule is Cc1ccccc1CNCCCCCCl. The van der Waals surface area contributed by atoms with Crippen molar-refractivity contribution in [3.63, 3.8) is 0 Å². The van der Waals surface area contributed by atoms with E-state index < -0.39 is 0 Å². The molecule has 1 rings (SSSR count). The molecule has 0 bridgehead atoms. The van der Waals surface area contributed by atoms with E-state index in [2.05, 4.69) is 36.5 Å². The molecule has 0 aliphatic carbocycles. The van der Waals surface area contributed by atoms with Crippen LogP contribution in [0.5, 0.6) is 0 Å². The van der Waals surface area contributed by atoms with Gasteiger partial charge in [0.2, 0.25) is 0 Å². The summed E-state index contributed by atoms with van der Waals surface area (Å²) < 4.78 is 0. The predicted octanol–water partition coefficient (Wildman–Crippen LogP) is 3.49. The van der Waals surface area contributed by atoms with Gasteiger partial charge in [-0.2, -0.15) is 0 Å². The van der Waals surface area contributed by atoms with Crippen molar-refractivity contribution in [3.8, 4) is 0 Å². The lowest BCUT2D eigenvalue weighted by molar-refractivity contribution is 0.617. The molecule has 84 valence electrons. The van der Waals surface area contributed by atoms with Gasteiger partial charge in [0.05, 0.1) is 0 Å². The standard InChI is InChI=1S/C13H20ClN/c1-12-7-3-4-8-13(12)11-15-10-6-2-5-9-14/h3-4,7-8,15H,2,5-6,9-11H2,1H3. The number of hydrogen-bond acceptors (Lipinski definition) is 1. The molecule has 1 aromatic carbocycles. The highest BCUT2D eigenvalue weighted by Gasteiger charge is 1.95. The van der Waals surface area contributed by atoms with Crippen LogP contribution in [-0.4, -0.2) is 12.4 Å². The molecule has 15 heavy (non-hydrogen) atoms. The van der Waals surface area contributed by atoms with Crippen LogP contribution in [0.15, 0.2) is 24.3 Å². The van der Waals surface area contributed by atoms with Crippen LogP contribution in [0.4, 0.5) is 0 Å². The van der Waals surface area contributed by atoms with Crippen molar-refractivity contribution < 1.29 is 0 Å². The Bertz CT molecular complexity index is 273. The van der Waals surface area contributed by atoms with E-state index in [9.17, 15) is 0 Å². The lowest BCUT2D eigenvalue weighted by Gasteiger charge is -2.07. The predicted molar refractivity (Wildman–Crippen MR) is 67.5 cm³/mol. The number of rotatable bonds is 7. The van der Waals surface area contributed by atoms with Gasteiger partial charge in [-0.3, -0.25) is 0 Å². The molecular formula is C13H20ClN. The molecule has 1 nitrogen and oxygen atoms in total. The fraction of sp³-hybridized carbons (Fsp3) is 0.538. The van der Waals surface area contributed by atoms with Gasteiger partial charge in [0, 0.05) is 12.4 Å². The second-order valence-corrected chi connectivity index (χ2v) is 4.23. The van der Waals surface area contributed by atoms with Gasteiger partial charge >= 0.3 is 0 Å². The first-order valence-corrected chi connectivity index (χ1v) is 6.19. The summed E-state index contributed by atoms with van der Waals surface area (Å²) >= 11 is 5.61. The first-order valence-electron chi connectivity index (χ1n) is 5.66. The summed E-state index contributed by atoms with van der Waals surface area (Å²) in [6, 6.07) is 8.52. The van der Waals surface area contributed by atoms with Gasteiger partial charge in [-0.1, -0.05) is 30.7 Å². The van der Waals surface area contributed by atoms with E-state index in [-0.39, 0.29) is 0 Å². The quantitative estimate of drug-likeness (QED) is 0.553. The van der Waals surface area contributed by atoms with Gasteiger partial charge in [-0.15, -0.1) is 11.6 Å². The maximum absolute atomic E-state index is 5.61. The highest BCUT2D eigenvalue weighted by atomic mass is 35.5. The lowest BCUT2D eigenvalue weighted by Crippen LogP contribution is -2.15. The van der Waals surface area contributed by atoms with Crippen molar-refractivity contribution in [2.45, 2.75) is 32.7 Å². The van der Waals surface area contributed by atoms with Crippen molar-refractivity contribution in [3.05, 3.63) is 35.4 Å². The zero-order chi connectivity index (χ0) is 10.9. The number of nitrogens with one attached hydrogen (secondary N) is 1. The first-order chi connectivity index (χ1) is 7.34. The van der Waals surface area contributed by atoms with Crippen LogP contribution in [0.3, 0.4) is 0 Å². The number of alkyl halides is 1. The van der Waals surface area contributed by atoms with Gasteiger partial charge in [-0.05, 0) is 37.4 Å². The van der Waals surface area contributed by atoms with Crippen molar-refractivity contribution in [1.29, 1.82) is 0 Å². The van der Waals surface area contributed by atoms with Crippen molar-refractivity contribution in [2.24, 2.45) is 0 Å². The minimum atomic E-state index is 0.789. The number of hydrogen-bond donors (Lipinski definition) is 1. The summed E-state index contributed by atoms with van der Waals surface area (Å²) in [6.45, 7) is 4.23. The molecule has 0 amide bonds. The molecule has 0 unspecified atom stereocenters. The molecule has 0 heterocycles. The molecule has 2 heteroatoms. The summed E-state index contributed by atoms with van der Waals surface area (Å²) in [4.78, 5) is 0. The number of aryl methyl sites for hydroxylation is 1. The maximum atomic E-state index is 5.61. The van der Waals surface area contributed by atoms with Crippen molar-refractivity contribution >= 4 is 11.6 Å². The Hall–Kier alpha value is -0.530. The molecule has 0 aliphatic heterocycles. The van der Waals surface area contributed by atoms with Crippen molar-refractivity contribution in [1.82, 2.24) is 5.32 Å². The molecule has 0 aromatic heterocycles. The minimum Gasteiger partial charge on any atom is -0.313 e. The van der Waals surface area contributed by atoms with E-state index in [1.807, 2.05) is 0 Å². The van der Waals surface area contributed by atoms with Crippen LogP contribution in [-0.2, 0) is 6.54 Å². The molecule has 0 fully saturated rings. The fourth-order valence-corrected chi connectivity index (χ4v) is 1.74. The second kappa shape index (κ2) is 7.72. The number of unbranched alkanes of at least 4 members (excludes halogenated alkanes) is 2. The van der Waals surface area contributed by atoms with Crippen LogP contribution >= 0.6 is 11.6 Å². The minimum absolute atomic E-state index is 0.789. The second-order valence-electron chi connectivity index (χ2n) is 3.85. The molecule has 0 saturated carbocycles. The van der Waals surface area contributed by atoms with E-state index in [1.165, 1.54) is 24.0 Å². The lowest BCUT2D eigenvalue weighted by atomic mass is 10.1. The highest BCUT2D eigenvalue weighted by molar-refractivity contribution is 6.17. The zero-order valence-electron chi connectivity index (χ0n) is 9.43. The molecule has 0 aliphatic rings. The van der Waals surface area contributed by atoms with Crippen LogP contribution in [0.1, 0.15) is 30.4 Å². The zero-order valence-corrected chi connectivity index (χ0v) is 10.2. The molecule has 0 atom stereocenters. The van der Waals surface area contributed by atoms with Crippen LogP contribution in [0, 0.1) is 6.92 Å². The average molecular weight is 226 g/mol. The van der Waals surface area contributed by atoms with Gasteiger partial charge in [-0.25, -0.2) is 0 Å². The molecule has 0 spiro atoms. The van der Waals surface area contributed by atoms with E-state index in [0.29, 0.717) is 0 Å². The third kappa shape index (κ3) is 5.19. The van der Waals surface area contributed by atoms with Crippen LogP contribution < -0.4 is 5.32 Å². The summed E-state index contributed by atoms with van der Waals surface area (Å²) in [6.07, 6.45) is 3.58. The van der Waals surface area contributed by atoms with E-state index >= 15 is 0 Å². The Morgan fingerprint density at radius 1 is 1.13 bits per heavy atom. The topological polar surface area (TPSA) is 12.0 Å². The van der Waals surface area contributed by atoms with Crippen LogP contribution in [0.25, 0.3) is 0 Å². The number of halogens is 1. The smallest absolute Gasteiger partial charge is 0.0223 e. The van der Waals surface area contributed by atoms with Gasteiger partial charge < -0.3 is 5.32 Å². The largest absolute Gasteiger partial charge is 0.313 e. The van der Waals surface area contributed by atoms with Crippen LogP contribution in [0.2, 0.25) is 0 Å². The molecule has 0 saturated heterocycles. The Morgan fingerprint density at radius 2 is 1.93 bits per heavy atom. The summed E-state index contributed by atoms with van der Waals surface area (Å²) in [5, 5.41) is 3.46. The van der Waals surface area contributed by atoms with Gasteiger partial charge in [0.25, 0.3) is 0 Å². The van der Waals surface area contributed by atoms with Crippen molar-refractivity contribution in [2.75, 3.05) is 12.4 Å². The highest BCUT2D eigenvalue weighted by Crippen LogP contribution is 2.06. The van der Waals surface area contributed by atoms with E-state index in [1.54, 1.807) is 0 Å². The van der Waals surface area contributed by atoms with Gasteiger partial charge in [0.1, 0.15) is 0 Å². The first kappa shape index (κ1) is 12.5.